The SMILES string of the molecule is CC1CC(C)(C)OB(c2ccc(Br)c3ccccc23)O1. The Hall–Kier alpha value is -0.835. The topological polar surface area (TPSA) is 18.5 Å². The smallest absolute Gasteiger partial charge is 0.405 e. The molecule has 0 saturated carbocycles. The van der Waals surface area contributed by atoms with E-state index in [1.807, 2.05) is 6.07 Å². The third-order valence-electron chi connectivity index (χ3n) is 3.72. The highest BCUT2D eigenvalue weighted by Crippen LogP contribution is 2.28. The molecular weight excluding hydrogens is 315 g/mol. The lowest BCUT2D eigenvalue weighted by Crippen LogP contribution is -2.51. The summed E-state index contributed by atoms with van der Waals surface area (Å²) in [6.45, 7) is 6.36. The van der Waals surface area contributed by atoms with Crippen molar-refractivity contribution in [2.75, 3.05) is 0 Å². The van der Waals surface area contributed by atoms with Crippen LogP contribution in [0.4, 0.5) is 0 Å². The largest absolute Gasteiger partial charge is 0.495 e. The summed E-state index contributed by atoms with van der Waals surface area (Å²) >= 11 is 3.61. The van der Waals surface area contributed by atoms with Crippen molar-refractivity contribution in [2.24, 2.45) is 0 Å². The maximum absolute atomic E-state index is 6.14. The van der Waals surface area contributed by atoms with E-state index in [9.17, 15) is 0 Å². The first-order chi connectivity index (χ1) is 9.46. The molecule has 4 heteroatoms. The summed E-state index contributed by atoms with van der Waals surface area (Å²) < 4.78 is 13.3. The van der Waals surface area contributed by atoms with Crippen LogP contribution in [0.25, 0.3) is 10.8 Å². The Balaban J connectivity index is 2.08. The predicted molar refractivity (Wildman–Crippen MR) is 87.4 cm³/mol. The Kier molecular flexibility index (Phi) is 3.65. The number of fused-ring (bicyclic) bond motifs is 1. The van der Waals surface area contributed by atoms with Gasteiger partial charge in [0, 0.05) is 10.6 Å². The molecule has 1 aliphatic heterocycles. The van der Waals surface area contributed by atoms with Crippen molar-refractivity contribution in [2.45, 2.75) is 38.9 Å². The molecule has 0 aliphatic carbocycles. The molecule has 2 nitrogen and oxygen atoms in total. The van der Waals surface area contributed by atoms with Crippen molar-refractivity contribution in [3.63, 3.8) is 0 Å². The minimum absolute atomic E-state index is 0.156. The van der Waals surface area contributed by atoms with Crippen LogP contribution in [0.1, 0.15) is 27.2 Å². The lowest BCUT2D eigenvalue weighted by Gasteiger charge is -2.38. The van der Waals surface area contributed by atoms with Crippen LogP contribution in [0.2, 0.25) is 0 Å². The normalized spacial score (nSPS) is 22.2. The molecule has 104 valence electrons. The van der Waals surface area contributed by atoms with Crippen molar-refractivity contribution in [1.29, 1.82) is 0 Å². The van der Waals surface area contributed by atoms with Crippen LogP contribution in [-0.2, 0) is 9.31 Å². The maximum atomic E-state index is 6.14. The molecule has 0 bridgehead atoms. The Labute approximate surface area is 128 Å². The molecule has 0 aromatic heterocycles. The molecule has 2 aromatic rings. The minimum Gasteiger partial charge on any atom is -0.405 e. The molecule has 2 aromatic carbocycles. The van der Waals surface area contributed by atoms with Gasteiger partial charge in [0.25, 0.3) is 0 Å². The number of benzene rings is 2. The van der Waals surface area contributed by atoms with Crippen molar-refractivity contribution in [1.82, 2.24) is 0 Å². The van der Waals surface area contributed by atoms with E-state index in [1.54, 1.807) is 0 Å². The van der Waals surface area contributed by atoms with Crippen LogP contribution in [0, 0.1) is 0 Å². The summed E-state index contributed by atoms with van der Waals surface area (Å²) in [4.78, 5) is 0. The average molecular weight is 333 g/mol. The summed E-state index contributed by atoms with van der Waals surface area (Å²) in [5, 5.41) is 2.37. The van der Waals surface area contributed by atoms with Gasteiger partial charge < -0.3 is 9.31 Å². The van der Waals surface area contributed by atoms with E-state index in [0.717, 1.165) is 16.4 Å². The lowest BCUT2D eigenvalue weighted by molar-refractivity contribution is -0.0228. The van der Waals surface area contributed by atoms with Gasteiger partial charge in [0.05, 0.1) is 5.60 Å². The van der Waals surface area contributed by atoms with Gasteiger partial charge in [-0.3, -0.25) is 0 Å². The Bertz CT molecular complexity index is 641. The minimum atomic E-state index is -0.299. The zero-order valence-corrected chi connectivity index (χ0v) is 13.6. The fraction of sp³-hybridized carbons (Fsp3) is 0.375. The van der Waals surface area contributed by atoms with E-state index in [2.05, 4.69) is 67.0 Å². The molecule has 1 unspecified atom stereocenters. The highest BCUT2D eigenvalue weighted by atomic mass is 79.9. The van der Waals surface area contributed by atoms with Crippen LogP contribution in [0.3, 0.4) is 0 Å². The molecule has 1 atom stereocenters. The second-order valence-corrected chi connectivity index (χ2v) is 6.90. The fourth-order valence-electron chi connectivity index (χ4n) is 2.94. The standard InChI is InChI=1S/C16H18BBrO2/c1-11-10-16(2,3)20-17(19-11)14-8-9-15(18)13-7-5-4-6-12(13)14/h4-9,11H,10H2,1-3H3. The zero-order chi connectivity index (χ0) is 14.3. The van der Waals surface area contributed by atoms with E-state index in [4.69, 9.17) is 9.31 Å². The monoisotopic (exact) mass is 332 g/mol. The van der Waals surface area contributed by atoms with E-state index in [0.29, 0.717) is 0 Å². The van der Waals surface area contributed by atoms with Crippen LogP contribution < -0.4 is 5.46 Å². The van der Waals surface area contributed by atoms with Gasteiger partial charge in [-0.2, -0.15) is 0 Å². The third kappa shape index (κ3) is 2.65. The average Bonchev–Trinajstić information content (AvgIpc) is 2.37. The van der Waals surface area contributed by atoms with Crippen LogP contribution >= 0.6 is 15.9 Å². The van der Waals surface area contributed by atoms with Gasteiger partial charge in [-0.1, -0.05) is 46.3 Å². The summed E-state index contributed by atoms with van der Waals surface area (Å²) in [6.07, 6.45) is 1.11. The van der Waals surface area contributed by atoms with Gasteiger partial charge in [0.1, 0.15) is 0 Å². The van der Waals surface area contributed by atoms with Crippen LogP contribution in [0.15, 0.2) is 40.9 Å². The quantitative estimate of drug-likeness (QED) is 0.737. The zero-order valence-electron chi connectivity index (χ0n) is 12.0. The predicted octanol–water partition coefficient (Wildman–Crippen LogP) is 3.90. The Morgan fingerprint density at radius 1 is 1.15 bits per heavy atom. The number of hydrogen-bond donors (Lipinski definition) is 0. The maximum Gasteiger partial charge on any atom is 0.495 e. The van der Waals surface area contributed by atoms with Gasteiger partial charge >= 0.3 is 7.12 Å². The highest BCUT2D eigenvalue weighted by Gasteiger charge is 2.38. The van der Waals surface area contributed by atoms with Crippen molar-refractivity contribution in [3.05, 3.63) is 40.9 Å². The molecule has 0 radical (unpaired) electrons. The lowest BCUT2D eigenvalue weighted by atomic mass is 9.73. The Morgan fingerprint density at radius 3 is 2.55 bits per heavy atom. The molecule has 0 N–H and O–H groups in total. The first-order valence-corrected chi connectivity index (χ1v) is 7.76. The summed E-state index contributed by atoms with van der Waals surface area (Å²) in [6, 6.07) is 12.5. The van der Waals surface area contributed by atoms with Crippen molar-refractivity contribution < 1.29 is 9.31 Å². The van der Waals surface area contributed by atoms with Gasteiger partial charge in [-0.15, -0.1) is 0 Å². The van der Waals surface area contributed by atoms with Gasteiger partial charge in [0.2, 0.25) is 0 Å². The highest BCUT2D eigenvalue weighted by molar-refractivity contribution is 9.10. The third-order valence-corrected chi connectivity index (χ3v) is 4.41. The van der Waals surface area contributed by atoms with E-state index >= 15 is 0 Å². The second-order valence-electron chi connectivity index (χ2n) is 6.04. The first-order valence-electron chi connectivity index (χ1n) is 6.97. The van der Waals surface area contributed by atoms with Crippen molar-refractivity contribution in [3.8, 4) is 0 Å². The molecule has 1 fully saturated rings. The summed E-state index contributed by atoms with van der Waals surface area (Å²) in [7, 11) is -0.299. The first kappa shape index (κ1) is 14.1. The van der Waals surface area contributed by atoms with E-state index in [-0.39, 0.29) is 18.8 Å². The number of hydrogen-bond acceptors (Lipinski definition) is 2. The number of rotatable bonds is 1. The molecule has 0 spiro atoms. The Morgan fingerprint density at radius 2 is 1.85 bits per heavy atom. The summed E-state index contributed by atoms with van der Waals surface area (Å²) in [5.41, 5.74) is 0.944. The van der Waals surface area contributed by atoms with E-state index in [1.165, 1.54) is 10.8 Å². The van der Waals surface area contributed by atoms with Gasteiger partial charge in [-0.05, 0) is 49.5 Å². The molecule has 20 heavy (non-hydrogen) atoms. The molecule has 1 saturated heterocycles. The summed E-state index contributed by atoms with van der Waals surface area (Å²) in [5.74, 6) is 0. The van der Waals surface area contributed by atoms with E-state index < -0.39 is 0 Å². The van der Waals surface area contributed by atoms with Crippen molar-refractivity contribution >= 4 is 39.3 Å². The second kappa shape index (κ2) is 5.17. The van der Waals surface area contributed by atoms with Crippen LogP contribution in [-0.4, -0.2) is 18.8 Å². The molecular formula is C16H18BBrO2. The van der Waals surface area contributed by atoms with Gasteiger partial charge in [0.15, 0.2) is 0 Å². The van der Waals surface area contributed by atoms with Crippen LogP contribution in [0.5, 0.6) is 0 Å². The number of halogens is 1. The molecule has 1 heterocycles. The fourth-order valence-corrected chi connectivity index (χ4v) is 3.42. The van der Waals surface area contributed by atoms with Gasteiger partial charge in [-0.25, -0.2) is 0 Å². The molecule has 1 aliphatic rings. The molecule has 0 amide bonds. The molecule has 3 rings (SSSR count).